The minimum atomic E-state index is -0.115. The van der Waals surface area contributed by atoms with Gasteiger partial charge in [0.05, 0.1) is 17.6 Å². The van der Waals surface area contributed by atoms with Crippen LogP contribution < -0.4 is 0 Å². The molecule has 0 aliphatic carbocycles. The highest BCUT2D eigenvalue weighted by Crippen LogP contribution is 2.18. The zero-order valence-electron chi connectivity index (χ0n) is 16.5. The molecular weight excluding hydrogens is 354 g/mol. The van der Waals surface area contributed by atoms with Gasteiger partial charge < -0.3 is 14.4 Å². The lowest BCUT2D eigenvalue weighted by Crippen LogP contribution is -2.34. The predicted octanol–water partition coefficient (Wildman–Crippen LogP) is 2.57. The third-order valence-corrected chi connectivity index (χ3v) is 4.80. The van der Waals surface area contributed by atoms with E-state index in [4.69, 9.17) is 0 Å². The third kappa shape index (κ3) is 4.03. The molecule has 1 aromatic carbocycles. The number of likely N-dealkylation sites (N-methyl/N-ethyl adjacent to an activating group) is 1. The van der Waals surface area contributed by atoms with Crippen LogP contribution >= 0.6 is 0 Å². The highest BCUT2D eigenvalue weighted by atomic mass is 16.2. The second kappa shape index (κ2) is 8.65. The van der Waals surface area contributed by atoms with Gasteiger partial charge in [0.2, 0.25) is 5.91 Å². The van der Waals surface area contributed by atoms with Gasteiger partial charge in [-0.1, -0.05) is 12.1 Å². The Morgan fingerprint density at radius 2 is 1.71 bits per heavy atom. The second-order valence-electron chi connectivity index (χ2n) is 6.57. The van der Waals surface area contributed by atoms with Crippen LogP contribution in [0.3, 0.4) is 0 Å². The molecule has 0 N–H and O–H groups in total. The van der Waals surface area contributed by atoms with Crippen LogP contribution in [0.5, 0.6) is 0 Å². The van der Waals surface area contributed by atoms with Gasteiger partial charge in [0.1, 0.15) is 12.4 Å². The fraction of sp³-hybridized carbons (Fsp3) is 0.333. The fourth-order valence-corrected chi connectivity index (χ4v) is 3.23. The van der Waals surface area contributed by atoms with Gasteiger partial charge in [0, 0.05) is 38.1 Å². The first-order valence-electron chi connectivity index (χ1n) is 9.42. The van der Waals surface area contributed by atoms with E-state index in [9.17, 15) is 9.59 Å². The van der Waals surface area contributed by atoms with Crippen molar-refractivity contribution in [2.24, 2.45) is 0 Å². The van der Waals surface area contributed by atoms with E-state index < -0.39 is 0 Å². The maximum atomic E-state index is 12.7. The number of para-hydroxylation sites is 2. The van der Waals surface area contributed by atoms with Crippen LogP contribution in [0, 0.1) is 0 Å². The number of aromatic nitrogens is 3. The summed E-state index contributed by atoms with van der Waals surface area (Å²) >= 11 is 0. The molecule has 2 heterocycles. The Kier molecular flexibility index (Phi) is 6.03. The van der Waals surface area contributed by atoms with Crippen molar-refractivity contribution in [1.29, 1.82) is 0 Å². The van der Waals surface area contributed by atoms with E-state index in [-0.39, 0.29) is 18.4 Å². The fourth-order valence-electron chi connectivity index (χ4n) is 3.23. The topological polar surface area (TPSA) is 71.3 Å². The average Bonchev–Trinajstić information content (AvgIpc) is 3.06. The molecule has 7 heteroatoms. The molecule has 0 saturated carbocycles. The SMILES string of the molecule is CCN(CC)C(=O)Cn1c(CN(C)C(=O)c2ccncc2)nc2ccccc21. The number of imidazole rings is 1. The van der Waals surface area contributed by atoms with Crippen molar-refractivity contribution in [1.82, 2.24) is 24.3 Å². The Labute approximate surface area is 164 Å². The molecule has 0 saturated heterocycles. The van der Waals surface area contributed by atoms with Gasteiger partial charge in [0.15, 0.2) is 0 Å². The number of benzene rings is 1. The van der Waals surface area contributed by atoms with E-state index in [0.29, 0.717) is 31.0 Å². The Morgan fingerprint density at radius 3 is 2.39 bits per heavy atom. The summed E-state index contributed by atoms with van der Waals surface area (Å²) in [6, 6.07) is 11.1. The zero-order valence-corrected chi connectivity index (χ0v) is 16.5. The summed E-state index contributed by atoms with van der Waals surface area (Å²) in [5.74, 6) is 0.611. The molecule has 3 aromatic rings. The molecule has 0 aliphatic rings. The Morgan fingerprint density at radius 1 is 1.04 bits per heavy atom. The molecule has 7 nitrogen and oxygen atoms in total. The van der Waals surface area contributed by atoms with E-state index in [2.05, 4.69) is 9.97 Å². The van der Waals surface area contributed by atoms with Crippen molar-refractivity contribution >= 4 is 22.8 Å². The van der Waals surface area contributed by atoms with Crippen molar-refractivity contribution < 1.29 is 9.59 Å². The summed E-state index contributed by atoms with van der Waals surface area (Å²) in [7, 11) is 1.73. The van der Waals surface area contributed by atoms with Gasteiger partial charge in [0.25, 0.3) is 5.91 Å². The monoisotopic (exact) mass is 379 g/mol. The molecule has 0 unspecified atom stereocenters. The summed E-state index contributed by atoms with van der Waals surface area (Å²) in [4.78, 5) is 37.4. The van der Waals surface area contributed by atoms with Crippen molar-refractivity contribution in [2.75, 3.05) is 20.1 Å². The van der Waals surface area contributed by atoms with Crippen molar-refractivity contribution in [2.45, 2.75) is 26.9 Å². The smallest absolute Gasteiger partial charge is 0.254 e. The number of fused-ring (bicyclic) bond motifs is 1. The van der Waals surface area contributed by atoms with Crippen molar-refractivity contribution in [3.8, 4) is 0 Å². The number of rotatable bonds is 7. The molecule has 28 heavy (non-hydrogen) atoms. The van der Waals surface area contributed by atoms with Gasteiger partial charge in [-0.25, -0.2) is 4.98 Å². The first-order valence-corrected chi connectivity index (χ1v) is 9.42. The second-order valence-corrected chi connectivity index (χ2v) is 6.57. The van der Waals surface area contributed by atoms with Crippen LogP contribution in [-0.2, 0) is 17.9 Å². The Hall–Kier alpha value is -3.22. The molecule has 0 radical (unpaired) electrons. The van der Waals surface area contributed by atoms with Gasteiger partial charge in [-0.2, -0.15) is 0 Å². The lowest BCUT2D eigenvalue weighted by atomic mass is 10.2. The maximum absolute atomic E-state index is 12.7. The molecular formula is C21H25N5O2. The lowest BCUT2D eigenvalue weighted by molar-refractivity contribution is -0.131. The van der Waals surface area contributed by atoms with E-state index in [0.717, 1.165) is 11.0 Å². The average molecular weight is 379 g/mol. The normalized spacial score (nSPS) is 10.8. The number of hydrogen-bond donors (Lipinski definition) is 0. The zero-order chi connectivity index (χ0) is 20.1. The van der Waals surface area contributed by atoms with E-state index >= 15 is 0 Å². The molecule has 146 valence electrons. The number of hydrogen-bond acceptors (Lipinski definition) is 4. The first-order chi connectivity index (χ1) is 13.5. The largest absolute Gasteiger partial charge is 0.342 e. The first kappa shape index (κ1) is 19.5. The van der Waals surface area contributed by atoms with Crippen LogP contribution in [-0.4, -0.2) is 56.3 Å². The summed E-state index contributed by atoms with van der Waals surface area (Å²) in [6.45, 7) is 5.77. The van der Waals surface area contributed by atoms with Crippen LogP contribution in [0.2, 0.25) is 0 Å². The Bertz CT molecular complexity index is 963. The number of pyridine rings is 1. The number of carbonyl (C=O) groups excluding carboxylic acids is 2. The summed E-state index contributed by atoms with van der Waals surface area (Å²) in [5.41, 5.74) is 2.27. The summed E-state index contributed by atoms with van der Waals surface area (Å²) in [6.07, 6.45) is 3.19. The van der Waals surface area contributed by atoms with Crippen LogP contribution in [0.1, 0.15) is 30.0 Å². The standard InChI is InChI=1S/C21H25N5O2/c1-4-25(5-2)20(27)15-26-18-9-7-6-8-17(18)23-19(26)14-24(3)21(28)16-10-12-22-13-11-16/h6-13H,4-5,14-15H2,1-3H3. The quantitative estimate of drug-likeness (QED) is 0.633. The molecule has 0 fully saturated rings. The van der Waals surface area contributed by atoms with Gasteiger partial charge in [-0.3, -0.25) is 14.6 Å². The van der Waals surface area contributed by atoms with Crippen LogP contribution in [0.25, 0.3) is 11.0 Å². The number of nitrogens with zero attached hydrogens (tertiary/aromatic N) is 5. The van der Waals surface area contributed by atoms with Crippen molar-refractivity contribution in [3.63, 3.8) is 0 Å². The third-order valence-electron chi connectivity index (χ3n) is 4.80. The minimum Gasteiger partial charge on any atom is -0.342 e. The van der Waals surface area contributed by atoms with E-state index in [1.54, 1.807) is 41.4 Å². The lowest BCUT2D eigenvalue weighted by Gasteiger charge is -2.21. The maximum Gasteiger partial charge on any atom is 0.254 e. The molecule has 3 rings (SSSR count). The van der Waals surface area contributed by atoms with E-state index in [1.807, 2.05) is 42.7 Å². The molecule has 2 amide bonds. The van der Waals surface area contributed by atoms with Crippen LogP contribution in [0.15, 0.2) is 48.8 Å². The van der Waals surface area contributed by atoms with Crippen molar-refractivity contribution in [3.05, 3.63) is 60.2 Å². The Balaban J connectivity index is 1.90. The highest BCUT2D eigenvalue weighted by Gasteiger charge is 2.19. The van der Waals surface area contributed by atoms with E-state index in [1.165, 1.54) is 0 Å². The van der Waals surface area contributed by atoms with Gasteiger partial charge in [-0.15, -0.1) is 0 Å². The molecule has 0 bridgehead atoms. The summed E-state index contributed by atoms with van der Waals surface area (Å²) < 4.78 is 1.91. The predicted molar refractivity (Wildman–Crippen MR) is 108 cm³/mol. The molecule has 0 aliphatic heterocycles. The molecule has 0 spiro atoms. The summed E-state index contributed by atoms with van der Waals surface area (Å²) in [5, 5.41) is 0. The van der Waals surface area contributed by atoms with Crippen LogP contribution in [0.4, 0.5) is 0 Å². The van der Waals surface area contributed by atoms with Gasteiger partial charge >= 0.3 is 0 Å². The minimum absolute atomic E-state index is 0.0394. The highest BCUT2D eigenvalue weighted by molar-refractivity contribution is 5.93. The van der Waals surface area contributed by atoms with Gasteiger partial charge in [-0.05, 0) is 38.1 Å². The molecule has 0 atom stereocenters. The number of amides is 2. The molecule has 2 aromatic heterocycles. The number of carbonyl (C=O) groups is 2.